The van der Waals surface area contributed by atoms with E-state index in [1.165, 1.54) is 32.0 Å². The van der Waals surface area contributed by atoms with Crippen LogP contribution in [0.1, 0.15) is 24.2 Å². The summed E-state index contributed by atoms with van der Waals surface area (Å²) in [4.78, 5) is 35.2. The third kappa shape index (κ3) is 5.22. The molecule has 0 aliphatic carbocycles. The Labute approximate surface area is 155 Å². The number of nitrogen functional groups attached to an aromatic ring is 1. The number of nitrogens with one attached hydrogen (secondary N) is 2. The van der Waals surface area contributed by atoms with Crippen molar-refractivity contribution in [2.75, 3.05) is 16.4 Å². The van der Waals surface area contributed by atoms with Crippen molar-refractivity contribution in [3.05, 3.63) is 53.1 Å². The van der Waals surface area contributed by atoms with Crippen molar-refractivity contribution in [3.63, 3.8) is 0 Å². The maximum atomic E-state index is 12.2. The van der Waals surface area contributed by atoms with Crippen LogP contribution in [-0.2, 0) is 14.3 Å². The molecular weight excluding hydrogens is 358 g/mol. The Morgan fingerprint density at radius 1 is 1.04 bits per heavy atom. The van der Waals surface area contributed by atoms with E-state index in [-0.39, 0.29) is 17.2 Å². The molecule has 0 bridgehead atoms. The van der Waals surface area contributed by atoms with Crippen LogP contribution in [0.2, 0.25) is 5.02 Å². The number of halogens is 1. The Hall–Kier alpha value is -3.06. The summed E-state index contributed by atoms with van der Waals surface area (Å²) < 4.78 is 5.14. The Bertz CT molecular complexity index is 837. The van der Waals surface area contributed by atoms with E-state index in [0.717, 1.165) is 0 Å². The van der Waals surface area contributed by atoms with Gasteiger partial charge in [-0.05, 0) is 49.4 Å². The summed E-state index contributed by atoms with van der Waals surface area (Å²) in [6.07, 6.45) is -1.02. The summed E-state index contributed by atoms with van der Waals surface area (Å²) in [6.45, 7) is 2.86. The number of benzene rings is 2. The molecule has 136 valence electrons. The lowest BCUT2D eigenvalue weighted by atomic mass is 10.2. The van der Waals surface area contributed by atoms with Gasteiger partial charge in [-0.15, -0.1) is 0 Å². The molecule has 7 nitrogen and oxygen atoms in total. The molecule has 0 aliphatic rings. The van der Waals surface area contributed by atoms with Gasteiger partial charge in [-0.25, -0.2) is 4.79 Å². The van der Waals surface area contributed by atoms with Crippen LogP contribution in [0.5, 0.6) is 0 Å². The van der Waals surface area contributed by atoms with E-state index in [2.05, 4.69) is 10.6 Å². The first kappa shape index (κ1) is 19.3. The molecule has 8 heteroatoms. The van der Waals surface area contributed by atoms with E-state index in [0.29, 0.717) is 16.4 Å². The molecule has 0 radical (unpaired) electrons. The lowest BCUT2D eigenvalue weighted by molar-refractivity contribution is -0.123. The predicted octanol–water partition coefficient (Wildman–Crippen LogP) is 3.06. The van der Waals surface area contributed by atoms with Crippen molar-refractivity contribution in [1.82, 2.24) is 0 Å². The average molecular weight is 376 g/mol. The lowest BCUT2D eigenvalue weighted by Crippen LogP contribution is -2.30. The van der Waals surface area contributed by atoms with Crippen molar-refractivity contribution >= 4 is 46.4 Å². The highest BCUT2D eigenvalue weighted by Gasteiger charge is 2.19. The number of anilines is 3. The highest BCUT2D eigenvalue weighted by Crippen LogP contribution is 2.20. The summed E-state index contributed by atoms with van der Waals surface area (Å²) in [5, 5.41) is 5.57. The van der Waals surface area contributed by atoms with Gasteiger partial charge in [0.05, 0.1) is 16.3 Å². The van der Waals surface area contributed by atoms with Crippen LogP contribution >= 0.6 is 11.6 Å². The topological polar surface area (TPSA) is 111 Å². The highest BCUT2D eigenvalue weighted by molar-refractivity contribution is 6.33. The van der Waals surface area contributed by atoms with Gasteiger partial charge in [0.15, 0.2) is 6.10 Å². The zero-order valence-electron chi connectivity index (χ0n) is 14.2. The zero-order valence-corrected chi connectivity index (χ0v) is 15.0. The minimum Gasteiger partial charge on any atom is -0.449 e. The second-order valence-corrected chi connectivity index (χ2v) is 5.94. The van der Waals surface area contributed by atoms with Crippen molar-refractivity contribution in [1.29, 1.82) is 0 Å². The molecule has 4 N–H and O–H groups in total. The third-order valence-electron chi connectivity index (χ3n) is 3.36. The molecule has 2 rings (SSSR count). The maximum Gasteiger partial charge on any atom is 0.338 e. The Balaban J connectivity index is 1.95. The van der Waals surface area contributed by atoms with Crippen LogP contribution in [0.4, 0.5) is 17.1 Å². The van der Waals surface area contributed by atoms with E-state index in [1.807, 2.05) is 0 Å². The number of ether oxygens (including phenoxy) is 1. The molecule has 2 aromatic carbocycles. The highest BCUT2D eigenvalue weighted by atomic mass is 35.5. The summed E-state index contributed by atoms with van der Waals surface area (Å²) in [6, 6.07) is 10.9. The molecule has 0 aromatic heterocycles. The number of carbonyl (C=O) groups excluding carboxylic acids is 3. The lowest BCUT2D eigenvalue weighted by Gasteiger charge is -2.14. The standard InChI is InChI=1S/C18H18ClN3O4/c1-10(26-18(25)12-3-8-15(19)16(20)9-12)17(24)22-14-6-4-13(5-7-14)21-11(2)23/h3-10H,20H2,1-2H3,(H,21,23)(H,22,24)/t10-/m1/s1. The summed E-state index contributed by atoms with van der Waals surface area (Å²) >= 11 is 5.81. The quantitative estimate of drug-likeness (QED) is 0.549. The number of nitrogens with two attached hydrogens (primary N) is 1. The summed E-state index contributed by atoms with van der Waals surface area (Å²) in [5.41, 5.74) is 7.21. The van der Waals surface area contributed by atoms with Gasteiger partial charge < -0.3 is 21.1 Å². The fourth-order valence-corrected chi connectivity index (χ4v) is 2.15. The second-order valence-electron chi connectivity index (χ2n) is 5.53. The van der Waals surface area contributed by atoms with Crippen LogP contribution in [0, 0.1) is 0 Å². The van der Waals surface area contributed by atoms with Gasteiger partial charge in [-0.1, -0.05) is 11.6 Å². The van der Waals surface area contributed by atoms with Gasteiger partial charge >= 0.3 is 5.97 Å². The van der Waals surface area contributed by atoms with E-state index in [4.69, 9.17) is 22.1 Å². The molecule has 2 amide bonds. The van der Waals surface area contributed by atoms with Gasteiger partial charge in [0.25, 0.3) is 5.91 Å². The minimum atomic E-state index is -1.02. The number of hydrogen-bond acceptors (Lipinski definition) is 5. The fourth-order valence-electron chi connectivity index (χ4n) is 2.04. The first-order valence-corrected chi connectivity index (χ1v) is 8.08. The normalized spacial score (nSPS) is 11.3. The van der Waals surface area contributed by atoms with Crippen LogP contribution in [0.25, 0.3) is 0 Å². The third-order valence-corrected chi connectivity index (χ3v) is 3.70. The van der Waals surface area contributed by atoms with Crippen molar-refractivity contribution in [2.24, 2.45) is 0 Å². The first-order valence-electron chi connectivity index (χ1n) is 7.71. The Morgan fingerprint density at radius 3 is 2.15 bits per heavy atom. The van der Waals surface area contributed by atoms with Gasteiger partial charge in [0.1, 0.15) is 0 Å². The van der Waals surface area contributed by atoms with E-state index >= 15 is 0 Å². The molecule has 0 aliphatic heterocycles. The van der Waals surface area contributed by atoms with Gasteiger partial charge in [-0.2, -0.15) is 0 Å². The van der Waals surface area contributed by atoms with E-state index < -0.39 is 18.0 Å². The van der Waals surface area contributed by atoms with Crippen LogP contribution in [0.15, 0.2) is 42.5 Å². The molecule has 0 saturated carbocycles. The number of hydrogen-bond donors (Lipinski definition) is 3. The number of rotatable bonds is 5. The van der Waals surface area contributed by atoms with Gasteiger partial charge in [-0.3, -0.25) is 9.59 Å². The number of esters is 1. The fraction of sp³-hybridized carbons (Fsp3) is 0.167. The maximum absolute atomic E-state index is 12.2. The molecular formula is C18H18ClN3O4. The zero-order chi connectivity index (χ0) is 19.3. The van der Waals surface area contributed by atoms with Crippen molar-refractivity contribution < 1.29 is 19.1 Å². The predicted molar refractivity (Wildman–Crippen MR) is 100 cm³/mol. The summed E-state index contributed by atoms with van der Waals surface area (Å²) in [5.74, 6) is -1.37. The largest absolute Gasteiger partial charge is 0.449 e. The van der Waals surface area contributed by atoms with Crippen LogP contribution in [0.3, 0.4) is 0 Å². The van der Waals surface area contributed by atoms with Crippen molar-refractivity contribution in [3.8, 4) is 0 Å². The van der Waals surface area contributed by atoms with Crippen LogP contribution in [-0.4, -0.2) is 23.9 Å². The van der Waals surface area contributed by atoms with Gasteiger partial charge in [0.2, 0.25) is 5.91 Å². The van der Waals surface area contributed by atoms with E-state index in [1.54, 1.807) is 24.3 Å². The number of amides is 2. The van der Waals surface area contributed by atoms with Crippen molar-refractivity contribution in [2.45, 2.75) is 20.0 Å². The van der Waals surface area contributed by atoms with E-state index in [9.17, 15) is 14.4 Å². The summed E-state index contributed by atoms with van der Waals surface area (Å²) in [7, 11) is 0. The minimum absolute atomic E-state index is 0.190. The molecule has 0 spiro atoms. The van der Waals surface area contributed by atoms with Gasteiger partial charge in [0, 0.05) is 18.3 Å². The second kappa shape index (κ2) is 8.35. The first-order chi connectivity index (χ1) is 12.3. The Morgan fingerprint density at radius 2 is 1.62 bits per heavy atom. The molecule has 0 unspecified atom stereocenters. The Kier molecular flexibility index (Phi) is 6.19. The number of carbonyl (C=O) groups is 3. The smallest absolute Gasteiger partial charge is 0.338 e. The SMILES string of the molecule is CC(=O)Nc1ccc(NC(=O)[C@@H](C)OC(=O)c2ccc(Cl)c(N)c2)cc1. The van der Waals surface area contributed by atoms with Crippen LogP contribution < -0.4 is 16.4 Å². The average Bonchev–Trinajstić information content (AvgIpc) is 2.58. The molecule has 26 heavy (non-hydrogen) atoms. The molecule has 2 aromatic rings. The molecule has 1 atom stereocenters. The molecule has 0 saturated heterocycles. The molecule has 0 heterocycles. The molecule has 0 fully saturated rings. The monoisotopic (exact) mass is 375 g/mol.